The third kappa shape index (κ3) is 2.61. The summed E-state index contributed by atoms with van der Waals surface area (Å²) in [5, 5.41) is 12.9. The maximum absolute atomic E-state index is 9.41. The predicted octanol–water partition coefficient (Wildman–Crippen LogP) is 2.12. The molecule has 3 heteroatoms. The van der Waals surface area contributed by atoms with Gasteiger partial charge in [-0.2, -0.15) is 0 Å². The number of halogens is 1. The zero-order valence-corrected chi connectivity index (χ0v) is 8.65. The highest BCUT2D eigenvalue weighted by Gasteiger charge is 2.04. The van der Waals surface area contributed by atoms with Crippen molar-refractivity contribution in [1.29, 1.82) is 0 Å². The fraction of sp³-hybridized carbons (Fsp3) is 0.400. The van der Waals surface area contributed by atoms with Crippen molar-refractivity contribution in [3.8, 4) is 5.75 Å². The summed E-state index contributed by atoms with van der Waals surface area (Å²) in [7, 11) is 1.91. The highest BCUT2D eigenvalue weighted by Crippen LogP contribution is 2.28. The second-order valence-electron chi connectivity index (χ2n) is 3.10. The van der Waals surface area contributed by atoms with E-state index in [2.05, 4.69) is 5.32 Å². The molecule has 0 atom stereocenters. The lowest BCUT2D eigenvalue weighted by atomic mass is 10.1. The van der Waals surface area contributed by atoms with Gasteiger partial charge in [0, 0.05) is 0 Å². The standard InChI is InChI=1S/C10H14ClNO/c1-7-5-8(3-4-12-2)6-9(11)10(7)13/h5-6,12-13H,3-4H2,1-2H3. The Morgan fingerprint density at radius 2 is 2.15 bits per heavy atom. The van der Waals surface area contributed by atoms with Crippen LogP contribution in [0.25, 0.3) is 0 Å². The van der Waals surface area contributed by atoms with Crippen LogP contribution in [0.2, 0.25) is 5.02 Å². The molecule has 0 spiro atoms. The van der Waals surface area contributed by atoms with Gasteiger partial charge in [0.05, 0.1) is 5.02 Å². The van der Waals surface area contributed by atoms with Gasteiger partial charge in [0.2, 0.25) is 0 Å². The molecule has 0 aliphatic carbocycles. The number of likely N-dealkylation sites (N-methyl/N-ethyl adjacent to an activating group) is 1. The third-order valence-electron chi connectivity index (χ3n) is 1.98. The minimum absolute atomic E-state index is 0.190. The topological polar surface area (TPSA) is 32.3 Å². The van der Waals surface area contributed by atoms with Crippen molar-refractivity contribution >= 4 is 11.6 Å². The first kappa shape index (κ1) is 10.4. The molecule has 1 aromatic rings. The first-order valence-electron chi connectivity index (χ1n) is 4.27. The molecule has 0 aliphatic rings. The molecule has 2 N–H and O–H groups in total. The fourth-order valence-electron chi connectivity index (χ4n) is 1.22. The lowest BCUT2D eigenvalue weighted by Gasteiger charge is -2.06. The van der Waals surface area contributed by atoms with Crippen LogP contribution in [0.4, 0.5) is 0 Å². The van der Waals surface area contributed by atoms with Crippen LogP contribution in [0.15, 0.2) is 12.1 Å². The maximum atomic E-state index is 9.41. The smallest absolute Gasteiger partial charge is 0.137 e. The van der Waals surface area contributed by atoms with Gasteiger partial charge in [-0.15, -0.1) is 0 Å². The zero-order chi connectivity index (χ0) is 9.84. The Morgan fingerprint density at radius 1 is 1.46 bits per heavy atom. The first-order chi connectivity index (χ1) is 6.15. The van der Waals surface area contributed by atoms with Gasteiger partial charge in [-0.3, -0.25) is 0 Å². The van der Waals surface area contributed by atoms with Crippen LogP contribution >= 0.6 is 11.6 Å². The van der Waals surface area contributed by atoms with Gasteiger partial charge >= 0.3 is 0 Å². The van der Waals surface area contributed by atoms with E-state index in [4.69, 9.17) is 11.6 Å². The van der Waals surface area contributed by atoms with Crippen LogP contribution < -0.4 is 5.32 Å². The molecule has 0 amide bonds. The Morgan fingerprint density at radius 3 is 2.69 bits per heavy atom. The summed E-state index contributed by atoms with van der Waals surface area (Å²) in [5.74, 6) is 0.190. The number of benzene rings is 1. The van der Waals surface area contributed by atoms with Gasteiger partial charge < -0.3 is 10.4 Å². The summed E-state index contributed by atoms with van der Waals surface area (Å²) in [5.41, 5.74) is 1.98. The van der Waals surface area contributed by atoms with E-state index in [1.54, 1.807) is 6.07 Å². The molecule has 0 saturated heterocycles. The summed E-state index contributed by atoms with van der Waals surface area (Å²) in [4.78, 5) is 0. The molecule has 1 rings (SSSR count). The van der Waals surface area contributed by atoms with Gasteiger partial charge in [0.25, 0.3) is 0 Å². The lowest BCUT2D eigenvalue weighted by molar-refractivity contribution is 0.471. The van der Waals surface area contributed by atoms with Crippen molar-refractivity contribution < 1.29 is 5.11 Å². The van der Waals surface area contributed by atoms with Crippen LogP contribution in [0.3, 0.4) is 0 Å². The van der Waals surface area contributed by atoms with Gasteiger partial charge in [0.1, 0.15) is 5.75 Å². The molecular formula is C10H14ClNO. The number of hydrogen-bond donors (Lipinski definition) is 2. The maximum Gasteiger partial charge on any atom is 0.137 e. The summed E-state index contributed by atoms with van der Waals surface area (Å²) in [6, 6.07) is 3.76. The molecule has 0 fully saturated rings. The van der Waals surface area contributed by atoms with Crippen LogP contribution in [0.5, 0.6) is 5.75 Å². The van der Waals surface area contributed by atoms with E-state index in [-0.39, 0.29) is 5.75 Å². The first-order valence-corrected chi connectivity index (χ1v) is 4.65. The van der Waals surface area contributed by atoms with E-state index >= 15 is 0 Å². The molecule has 0 bridgehead atoms. The van der Waals surface area contributed by atoms with Gasteiger partial charge in [0.15, 0.2) is 0 Å². The largest absolute Gasteiger partial charge is 0.506 e. The Hall–Kier alpha value is -0.730. The van der Waals surface area contributed by atoms with Gasteiger partial charge in [-0.1, -0.05) is 17.7 Å². The molecule has 1 aromatic carbocycles. The predicted molar refractivity (Wildman–Crippen MR) is 55.5 cm³/mol. The highest BCUT2D eigenvalue weighted by atomic mass is 35.5. The van der Waals surface area contributed by atoms with Crippen LogP contribution in [-0.2, 0) is 6.42 Å². The second-order valence-corrected chi connectivity index (χ2v) is 3.50. The molecular weight excluding hydrogens is 186 g/mol. The SMILES string of the molecule is CNCCc1cc(C)c(O)c(Cl)c1. The summed E-state index contributed by atoms with van der Waals surface area (Å²) < 4.78 is 0. The van der Waals surface area contributed by atoms with Crippen molar-refractivity contribution in [2.75, 3.05) is 13.6 Å². The Labute approximate surface area is 83.5 Å². The number of aryl methyl sites for hydroxylation is 1. The number of phenols is 1. The molecule has 72 valence electrons. The number of nitrogens with one attached hydrogen (secondary N) is 1. The van der Waals surface area contributed by atoms with Crippen molar-refractivity contribution in [3.05, 3.63) is 28.3 Å². The molecule has 0 heterocycles. The second kappa shape index (κ2) is 4.49. The Kier molecular flexibility index (Phi) is 3.58. The number of hydrogen-bond acceptors (Lipinski definition) is 2. The van der Waals surface area contributed by atoms with Gasteiger partial charge in [-0.05, 0) is 44.1 Å². The summed E-state index contributed by atoms with van der Waals surface area (Å²) in [6.45, 7) is 2.77. The van der Waals surface area contributed by atoms with E-state index in [1.807, 2.05) is 20.0 Å². The summed E-state index contributed by atoms with van der Waals surface area (Å²) in [6.07, 6.45) is 0.928. The van der Waals surface area contributed by atoms with Crippen molar-refractivity contribution in [3.63, 3.8) is 0 Å². The van der Waals surface area contributed by atoms with Crippen LogP contribution in [0, 0.1) is 6.92 Å². The van der Waals surface area contributed by atoms with Crippen molar-refractivity contribution in [2.24, 2.45) is 0 Å². The number of rotatable bonds is 3. The van der Waals surface area contributed by atoms with Gasteiger partial charge in [-0.25, -0.2) is 0 Å². The monoisotopic (exact) mass is 199 g/mol. The normalized spacial score (nSPS) is 10.4. The van der Waals surface area contributed by atoms with E-state index < -0.39 is 0 Å². The number of aromatic hydroxyl groups is 1. The van der Waals surface area contributed by atoms with E-state index in [1.165, 1.54) is 0 Å². The average Bonchev–Trinajstić information content (AvgIpc) is 2.10. The van der Waals surface area contributed by atoms with E-state index in [9.17, 15) is 5.11 Å². The summed E-state index contributed by atoms with van der Waals surface area (Å²) >= 11 is 5.83. The minimum atomic E-state index is 0.190. The average molecular weight is 200 g/mol. The Balaban J connectivity index is 2.86. The van der Waals surface area contributed by atoms with E-state index in [0.29, 0.717) is 5.02 Å². The molecule has 0 aromatic heterocycles. The molecule has 2 nitrogen and oxygen atoms in total. The third-order valence-corrected chi connectivity index (χ3v) is 2.27. The van der Waals surface area contributed by atoms with Crippen LogP contribution in [-0.4, -0.2) is 18.7 Å². The fourth-order valence-corrected chi connectivity index (χ4v) is 1.51. The highest BCUT2D eigenvalue weighted by molar-refractivity contribution is 6.32. The molecule has 0 aliphatic heterocycles. The van der Waals surface area contributed by atoms with Crippen molar-refractivity contribution in [2.45, 2.75) is 13.3 Å². The molecule has 0 unspecified atom stereocenters. The molecule has 0 saturated carbocycles. The van der Waals surface area contributed by atoms with Crippen molar-refractivity contribution in [1.82, 2.24) is 5.32 Å². The Bertz CT molecular complexity index is 276. The number of phenolic OH excluding ortho intramolecular Hbond substituents is 1. The zero-order valence-electron chi connectivity index (χ0n) is 7.89. The molecule has 0 radical (unpaired) electrons. The van der Waals surface area contributed by atoms with E-state index in [0.717, 1.165) is 24.1 Å². The minimum Gasteiger partial charge on any atom is -0.506 e. The van der Waals surface area contributed by atoms with Crippen LogP contribution in [0.1, 0.15) is 11.1 Å². The lowest BCUT2D eigenvalue weighted by Crippen LogP contribution is -2.10. The quantitative estimate of drug-likeness (QED) is 0.782. The molecule has 13 heavy (non-hydrogen) atoms.